The second-order valence-corrected chi connectivity index (χ2v) is 7.47. The van der Waals surface area contributed by atoms with Crippen LogP contribution < -0.4 is 10.2 Å². The quantitative estimate of drug-likeness (QED) is 0.758. The number of halogens is 1. The lowest BCUT2D eigenvalue weighted by Gasteiger charge is -2.36. The first-order chi connectivity index (χ1) is 12.6. The molecule has 7 nitrogen and oxygen atoms in total. The van der Waals surface area contributed by atoms with Crippen LogP contribution in [-0.4, -0.2) is 64.0 Å². The van der Waals surface area contributed by atoms with Crippen molar-refractivity contribution < 1.29 is 4.79 Å². The minimum absolute atomic E-state index is 0.0892. The maximum atomic E-state index is 12.4. The van der Waals surface area contributed by atoms with Crippen LogP contribution in [0, 0.1) is 0 Å². The molecular formula is C17H23ClN6OS. The number of likely N-dealkylation sites (N-methyl/N-ethyl adjacent to an activating group) is 1. The zero-order valence-electron chi connectivity index (χ0n) is 15.0. The number of hydrogen-bond acceptors (Lipinski definition) is 6. The number of hydrogen-bond donors (Lipinski definition) is 1. The molecule has 0 radical (unpaired) electrons. The number of nitrogens with zero attached hydrogens (tertiary/aromatic N) is 5. The van der Waals surface area contributed by atoms with Gasteiger partial charge < -0.3 is 19.7 Å². The molecule has 0 unspecified atom stereocenters. The summed E-state index contributed by atoms with van der Waals surface area (Å²) in [6.45, 7) is 7.02. The van der Waals surface area contributed by atoms with Crippen molar-refractivity contribution in [3.8, 4) is 0 Å². The number of amides is 1. The summed E-state index contributed by atoms with van der Waals surface area (Å²) in [5.74, 6) is 0.177. The molecule has 1 saturated heterocycles. The van der Waals surface area contributed by atoms with Crippen LogP contribution in [0.25, 0.3) is 0 Å². The molecule has 2 aromatic rings. The maximum absolute atomic E-state index is 12.4. The zero-order valence-corrected chi connectivity index (χ0v) is 16.6. The minimum Gasteiger partial charge on any atom is -0.366 e. The van der Waals surface area contributed by atoms with E-state index in [2.05, 4.69) is 32.2 Å². The fourth-order valence-electron chi connectivity index (χ4n) is 2.94. The molecule has 0 saturated carbocycles. The average molecular weight is 395 g/mol. The molecule has 3 rings (SSSR count). The molecule has 140 valence electrons. The van der Waals surface area contributed by atoms with Crippen molar-refractivity contribution in [2.75, 3.05) is 48.7 Å². The van der Waals surface area contributed by atoms with Gasteiger partial charge in [0.25, 0.3) is 0 Å². The lowest BCUT2D eigenvalue weighted by atomic mass is 10.2. The Bertz CT molecular complexity index is 759. The van der Waals surface area contributed by atoms with Gasteiger partial charge >= 0.3 is 0 Å². The first kappa shape index (κ1) is 19.0. The normalized spacial score (nSPS) is 15.3. The Hall–Kier alpha value is -1.77. The summed E-state index contributed by atoms with van der Waals surface area (Å²) in [4.78, 5) is 17.1. The first-order valence-electron chi connectivity index (χ1n) is 8.61. The van der Waals surface area contributed by atoms with Crippen molar-refractivity contribution >= 4 is 40.6 Å². The number of aromatic nitrogens is 3. The van der Waals surface area contributed by atoms with Crippen molar-refractivity contribution in [3.63, 3.8) is 0 Å². The highest BCUT2D eigenvalue weighted by Gasteiger charge is 2.21. The lowest BCUT2D eigenvalue weighted by molar-refractivity contribution is -0.113. The fourth-order valence-corrected chi connectivity index (χ4v) is 3.93. The molecule has 1 aliphatic rings. The highest BCUT2D eigenvalue weighted by molar-refractivity contribution is 7.99. The molecule has 0 spiro atoms. The van der Waals surface area contributed by atoms with Crippen LogP contribution in [0.3, 0.4) is 0 Å². The molecule has 0 atom stereocenters. The van der Waals surface area contributed by atoms with Gasteiger partial charge in [-0.25, -0.2) is 0 Å². The summed E-state index contributed by atoms with van der Waals surface area (Å²) in [6, 6.07) is 5.63. The van der Waals surface area contributed by atoms with E-state index in [1.165, 1.54) is 11.8 Å². The summed E-state index contributed by atoms with van der Waals surface area (Å²) >= 11 is 7.82. The smallest absolute Gasteiger partial charge is 0.234 e. The van der Waals surface area contributed by atoms with Gasteiger partial charge in [-0.2, -0.15) is 0 Å². The van der Waals surface area contributed by atoms with Crippen LogP contribution in [0.4, 0.5) is 11.4 Å². The molecule has 1 aromatic carbocycles. The lowest BCUT2D eigenvalue weighted by Crippen LogP contribution is -2.46. The van der Waals surface area contributed by atoms with Gasteiger partial charge in [0.1, 0.15) is 6.33 Å². The third-order valence-electron chi connectivity index (χ3n) is 4.40. The second kappa shape index (κ2) is 8.75. The number of anilines is 2. The first-order valence-corrected chi connectivity index (χ1v) is 9.97. The number of carbonyl (C=O) groups is 1. The van der Waals surface area contributed by atoms with Gasteiger partial charge in [-0.3, -0.25) is 4.79 Å². The van der Waals surface area contributed by atoms with Gasteiger partial charge in [0.2, 0.25) is 5.91 Å². The highest BCUT2D eigenvalue weighted by atomic mass is 35.5. The van der Waals surface area contributed by atoms with E-state index in [4.69, 9.17) is 11.6 Å². The Morgan fingerprint density at radius 3 is 2.73 bits per heavy atom. The molecule has 1 amide bonds. The van der Waals surface area contributed by atoms with Crippen molar-refractivity contribution in [1.82, 2.24) is 19.7 Å². The summed E-state index contributed by atoms with van der Waals surface area (Å²) < 4.78 is 1.79. The second-order valence-electron chi connectivity index (χ2n) is 6.12. The van der Waals surface area contributed by atoms with Crippen molar-refractivity contribution in [2.45, 2.75) is 12.1 Å². The van der Waals surface area contributed by atoms with Gasteiger partial charge in [-0.05, 0) is 18.7 Å². The van der Waals surface area contributed by atoms with Gasteiger partial charge in [-0.15, -0.1) is 10.2 Å². The van der Waals surface area contributed by atoms with Crippen LogP contribution in [0.15, 0.2) is 29.7 Å². The number of rotatable bonds is 6. The minimum atomic E-state index is -0.0892. The highest BCUT2D eigenvalue weighted by Crippen LogP contribution is 2.34. The van der Waals surface area contributed by atoms with Gasteiger partial charge in [0.15, 0.2) is 5.16 Å². The molecule has 1 aromatic heterocycles. The summed E-state index contributed by atoms with van der Waals surface area (Å²) in [5, 5.41) is 12.2. The average Bonchev–Trinajstić information content (AvgIpc) is 3.05. The SMILES string of the molecule is CCN1CCN(c2c(Cl)cccc2NC(=O)CSc2nncn2C)CC1. The van der Waals surface area contributed by atoms with E-state index in [0.717, 1.165) is 44.1 Å². The Morgan fingerprint density at radius 1 is 1.31 bits per heavy atom. The maximum Gasteiger partial charge on any atom is 0.234 e. The predicted octanol–water partition coefficient (Wildman–Crippen LogP) is 2.34. The number of piperazine rings is 1. The molecule has 1 fully saturated rings. The predicted molar refractivity (Wildman–Crippen MR) is 106 cm³/mol. The largest absolute Gasteiger partial charge is 0.366 e. The molecule has 1 aliphatic heterocycles. The summed E-state index contributed by atoms with van der Waals surface area (Å²) in [7, 11) is 1.85. The monoisotopic (exact) mass is 394 g/mol. The third kappa shape index (κ3) is 4.49. The van der Waals surface area contributed by atoms with Crippen LogP contribution in [0.2, 0.25) is 5.02 Å². The van der Waals surface area contributed by atoms with Crippen LogP contribution >= 0.6 is 23.4 Å². The van der Waals surface area contributed by atoms with Crippen molar-refractivity contribution in [2.24, 2.45) is 7.05 Å². The van der Waals surface area contributed by atoms with Crippen LogP contribution in [-0.2, 0) is 11.8 Å². The number of nitrogens with one attached hydrogen (secondary N) is 1. The Balaban J connectivity index is 1.67. The molecule has 1 N–H and O–H groups in total. The molecule has 0 aliphatic carbocycles. The molecule has 26 heavy (non-hydrogen) atoms. The van der Waals surface area contributed by atoms with Crippen LogP contribution in [0.5, 0.6) is 0 Å². The number of carbonyl (C=O) groups excluding carboxylic acids is 1. The van der Waals surface area contributed by atoms with E-state index in [1.807, 2.05) is 25.2 Å². The Morgan fingerprint density at radius 2 is 2.08 bits per heavy atom. The Kier molecular flexibility index (Phi) is 6.39. The van der Waals surface area contributed by atoms with Crippen LogP contribution in [0.1, 0.15) is 6.92 Å². The number of aryl methyl sites for hydroxylation is 1. The summed E-state index contributed by atoms with van der Waals surface area (Å²) in [5.41, 5.74) is 1.66. The number of thioether (sulfide) groups is 1. The van der Waals surface area contributed by atoms with Gasteiger partial charge in [0, 0.05) is 33.2 Å². The van der Waals surface area contributed by atoms with Crippen molar-refractivity contribution in [1.29, 1.82) is 0 Å². The number of para-hydroxylation sites is 1. The standard InChI is InChI=1S/C17H23ClN6OS/c1-3-23-7-9-24(10-8-23)16-13(18)5-4-6-14(16)20-15(25)11-26-17-21-19-12-22(17)2/h4-6,12H,3,7-11H2,1-2H3,(H,20,25). The van der Waals surface area contributed by atoms with E-state index < -0.39 is 0 Å². The Labute approximate surface area is 162 Å². The van der Waals surface area contributed by atoms with E-state index in [9.17, 15) is 4.79 Å². The van der Waals surface area contributed by atoms with Crippen molar-refractivity contribution in [3.05, 3.63) is 29.5 Å². The van der Waals surface area contributed by atoms with E-state index in [-0.39, 0.29) is 11.7 Å². The van der Waals surface area contributed by atoms with E-state index in [0.29, 0.717) is 10.2 Å². The topological polar surface area (TPSA) is 66.3 Å². The van der Waals surface area contributed by atoms with E-state index >= 15 is 0 Å². The molecule has 0 bridgehead atoms. The molecule has 9 heteroatoms. The summed E-state index contributed by atoms with van der Waals surface area (Å²) in [6.07, 6.45) is 1.62. The van der Waals surface area contributed by atoms with Gasteiger partial charge in [-0.1, -0.05) is 36.4 Å². The zero-order chi connectivity index (χ0) is 18.5. The van der Waals surface area contributed by atoms with Gasteiger partial charge in [0.05, 0.1) is 22.2 Å². The third-order valence-corrected chi connectivity index (χ3v) is 5.74. The van der Waals surface area contributed by atoms with E-state index in [1.54, 1.807) is 10.9 Å². The fraction of sp³-hybridized carbons (Fsp3) is 0.471. The molecule has 2 heterocycles. The number of benzene rings is 1. The molecular weight excluding hydrogens is 372 g/mol.